The Morgan fingerprint density at radius 2 is 2.06 bits per heavy atom. The molecule has 0 saturated heterocycles. The second kappa shape index (κ2) is 6.64. The van der Waals surface area contributed by atoms with Gasteiger partial charge >= 0.3 is 5.97 Å². The monoisotopic (exact) mass is 267 g/mol. The Labute approximate surface area is 112 Å². The molecule has 1 saturated carbocycles. The summed E-state index contributed by atoms with van der Waals surface area (Å²) in [6.45, 7) is 0.748. The van der Waals surface area contributed by atoms with E-state index in [1.165, 1.54) is 19.3 Å². The summed E-state index contributed by atoms with van der Waals surface area (Å²) in [5, 5.41) is 3.69. The number of rotatable bonds is 6. The molecule has 1 aromatic carbocycles. The van der Waals surface area contributed by atoms with Crippen LogP contribution in [0.2, 0.25) is 5.02 Å². The molecule has 4 heteroatoms. The molecule has 0 bridgehead atoms. The highest BCUT2D eigenvalue weighted by Crippen LogP contribution is 2.29. The number of carbonyl (C=O) groups is 1. The highest BCUT2D eigenvalue weighted by Gasteiger charge is 2.17. The first-order valence-corrected chi connectivity index (χ1v) is 6.77. The molecule has 1 N–H and O–H groups in total. The average Bonchev–Trinajstić information content (AvgIpc) is 2.32. The molecule has 0 aliphatic heterocycles. The lowest BCUT2D eigenvalue weighted by atomic mass is 9.83. The third kappa shape index (κ3) is 4.22. The van der Waals surface area contributed by atoms with Crippen LogP contribution in [-0.4, -0.2) is 19.1 Å². The summed E-state index contributed by atoms with van der Waals surface area (Å²) in [6.07, 6.45) is 4.92. The first-order chi connectivity index (χ1) is 8.74. The summed E-state index contributed by atoms with van der Waals surface area (Å²) in [5.74, 6) is 0.575. The quantitative estimate of drug-likeness (QED) is 0.802. The smallest absolute Gasteiger partial charge is 0.325 e. The summed E-state index contributed by atoms with van der Waals surface area (Å²) in [7, 11) is 0. The maximum absolute atomic E-state index is 11.5. The summed E-state index contributed by atoms with van der Waals surface area (Å²) >= 11 is 5.77. The van der Waals surface area contributed by atoms with E-state index in [-0.39, 0.29) is 12.5 Å². The molecule has 0 aromatic heterocycles. The van der Waals surface area contributed by atoms with Gasteiger partial charge in [-0.15, -0.1) is 0 Å². The molecule has 1 aliphatic carbocycles. The molecule has 0 radical (unpaired) electrons. The van der Waals surface area contributed by atoms with Crippen LogP contribution in [-0.2, 0) is 9.53 Å². The van der Waals surface area contributed by atoms with Crippen molar-refractivity contribution in [2.75, 3.05) is 18.5 Å². The van der Waals surface area contributed by atoms with Crippen LogP contribution < -0.4 is 5.32 Å². The van der Waals surface area contributed by atoms with Crippen molar-refractivity contribution >= 4 is 23.3 Å². The fraction of sp³-hybridized carbons (Fsp3) is 0.500. The van der Waals surface area contributed by atoms with Gasteiger partial charge in [-0.25, -0.2) is 0 Å². The summed E-state index contributed by atoms with van der Waals surface area (Å²) in [5.41, 5.74) is 0.871. The molecular formula is C14H18ClNO2. The minimum atomic E-state index is -0.204. The van der Waals surface area contributed by atoms with Crippen LogP contribution in [0, 0.1) is 5.92 Å². The molecule has 98 valence electrons. The van der Waals surface area contributed by atoms with Crippen molar-refractivity contribution in [2.24, 2.45) is 5.92 Å². The van der Waals surface area contributed by atoms with E-state index in [9.17, 15) is 4.79 Å². The number of nitrogens with one attached hydrogen (secondary N) is 1. The summed E-state index contributed by atoms with van der Waals surface area (Å²) < 4.78 is 5.17. The van der Waals surface area contributed by atoms with E-state index in [0.29, 0.717) is 11.6 Å². The minimum Gasteiger partial charge on any atom is -0.464 e. The molecule has 18 heavy (non-hydrogen) atoms. The van der Waals surface area contributed by atoms with E-state index in [2.05, 4.69) is 5.32 Å². The van der Waals surface area contributed by atoms with Gasteiger partial charge in [-0.3, -0.25) is 4.79 Å². The largest absolute Gasteiger partial charge is 0.464 e. The van der Waals surface area contributed by atoms with E-state index < -0.39 is 0 Å². The molecule has 1 fully saturated rings. The van der Waals surface area contributed by atoms with E-state index in [1.54, 1.807) is 12.1 Å². The second-order valence-electron chi connectivity index (χ2n) is 4.67. The van der Waals surface area contributed by atoms with E-state index in [1.807, 2.05) is 12.1 Å². The summed E-state index contributed by atoms with van der Waals surface area (Å²) in [6, 6.07) is 7.24. The van der Waals surface area contributed by atoms with Crippen molar-refractivity contribution < 1.29 is 9.53 Å². The molecule has 1 aliphatic rings. The number of halogens is 1. The number of hydrogen-bond acceptors (Lipinski definition) is 3. The molecule has 3 nitrogen and oxygen atoms in total. The highest BCUT2D eigenvalue weighted by molar-refractivity contribution is 6.30. The number of carbonyl (C=O) groups excluding carboxylic acids is 1. The van der Waals surface area contributed by atoms with Crippen molar-refractivity contribution in [3.63, 3.8) is 0 Å². The van der Waals surface area contributed by atoms with Gasteiger partial charge in [-0.2, -0.15) is 0 Å². The molecular weight excluding hydrogens is 250 g/mol. The minimum absolute atomic E-state index is 0.201. The number of ether oxygens (including phenoxy) is 1. The van der Waals surface area contributed by atoms with Gasteiger partial charge in [0.1, 0.15) is 6.54 Å². The normalized spacial score (nSPS) is 14.9. The van der Waals surface area contributed by atoms with Crippen molar-refractivity contribution in [3.8, 4) is 0 Å². The van der Waals surface area contributed by atoms with Crippen LogP contribution in [0.25, 0.3) is 0 Å². The van der Waals surface area contributed by atoms with Crippen LogP contribution in [0.5, 0.6) is 0 Å². The van der Waals surface area contributed by atoms with Gasteiger partial charge in [0.2, 0.25) is 0 Å². The van der Waals surface area contributed by atoms with Gasteiger partial charge in [-0.1, -0.05) is 30.9 Å². The Balaban J connectivity index is 1.60. The van der Waals surface area contributed by atoms with Gasteiger partial charge in [0.05, 0.1) is 6.61 Å². The molecule has 2 rings (SSSR count). The lowest BCUT2D eigenvalue weighted by molar-refractivity contribution is -0.142. The SMILES string of the molecule is O=C(CNc1ccc(Cl)cc1)OCCC1CCC1. The van der Waals surface area contributed by atoms with Gasteiger partial charge in [0.25, 0.3) is 0 Å². The number of esters is 1. The van der Waals surface area contributed by atoms with E-state index >= 15 is 0 Å². The van der Waals surface area contributed by atoms with Crippen LogP contribution >= 0.6 is 11.6 Å². The predicted molar refractivity (Wildman–Crippen MR) is 72.9 cm³/mol. The Kier molecular flexibility index (Phi) is 4.88. The van der Waals surface area contributed by atoms with Crippen LogP contribution in [0.15, 0.2) is 24.3 Å². The molecule has 1 aromatic rings. The fourth-order valence-electron chi connectivity index (χ4n) is 1.91. The topological polar surface area (TPSA) is 38.3 Å². The molecule has 0 amide bonds. The first-order valence-electron chi connectivity index (χ1n) is 6.39. The van der Waals surface area contributed by atoms with Crippen LogP contribution in [0.3, 0.4) is 0 Å². The predicted octanol–water partition coefficient (Wildman–Crippen LogP) is 3.49. The maximum atomic E-state index is 11.5. The number of hydrogen-bond donors (Lipinski definition) is 1. The second-order valence-corrected chi connectivity index (χ2v) is 5.10. The fourth-order valence-corrected chi connectivity index (χ4v) is 2.04. The highest BCUT2D eigenvalue weighted by atomic mass is 35.5. The van der Waals surface area contributed by atoms with Crippen LogP contribution in [0.1, 0.15) is 25.7 Å². The molecule has 0 spiro atoms. The van der Waals surface area contributed by atoms with Crippen molar-refractivity contribution in [2.45, 2.75) is 25.7 Å². The van der Waals surface area contributed by atoms with Gasteiger partial charge in [-0.05, 0) is 36.6 Å². The van der Waals surface area contributed by atoms with Gasteiger partial charge < -0.3 is 10.1 Å². The molecule has 0 atom stereocenters. The Bertz CT molecular complexity index is 387. The zero-order valence-electron chi connectivity index (χ0n) is 10.3. The van der Waals surface area contributed by atoms with Crippen molar-refractivity contribution in [3.05, 3.63) is 29.3 Å². The number of anilines is 1. The Hall–Kier alpha value is -1.22. The third-order valence-electron chi connectivity index (χ3n) is 3.29. The van der Waals surface area contributed by atoms with Crippen molar-refractivity contribution in [1.29, 1.82) is 0 Å². The summed E-state index contributed by atoms with van der Waals surface area (Å²) in [4.78, 5) is 11.5. The average molecular weight is 268 g/mol. The first kappa shape index (κ1) is 13.2. The molecule has 0 heterocycles. The van der Waals surface area contributed by atoms with E-state index in [0.717, 1.165) is 18.0 Å². The lowest BCUT2D eigenvalue weighted by Crippen LogP contribution is -2.20. The maximum Gasteiger partial charge on any atom is 0.325 e. The zero-order valence-corrected chi connectivity index (χ0v) is 11.1. The van der Waals surface area contributed by atoms with E-state index in [4.69, 9.17) is 16.3 Å². The zero-order chi connectivity index (χ0) is 12.8. The van der Waals surface area contributed by atoms with Gasteiger partial charge in [0, 0.05) is 10.7 Å². The Morgan fingerprint density at radius 1 is 1.33 bits per heavy atom. The third-order valence-corrected chi connectivity index (χ3v) is 3.55. The number of benzene rings is 1. The lowest BCUT2D eigenvalue weighted by Gasteiger charge is -2.24. The molecule has 0 unspecified atom stereocenters. The van der Waals surface area contributed by atoms with Crippen LogP contribution in [0.4, 0.5) is 5.69 Å². The van der Waals surface area contributed by atoms with Gasteiger partial charge in [0.15, 0.2) is 0 Å². The standard InChI is InChI=1S/C14H18ClNO2/c15-12-4-6-13(7-5-12)16-10-14(17)18-9-8-11-2-1-3-11/h4-7,11,16H,1-3,8-10H2. The Morgan fingerprint density at radius 3 is 2.67 bits per heavy atom. The van der Waals surface area contributed by atoms with Crippen molar-refractivity contribution in [1.82, 2.24) is 0 Å².